The normalized spacial score (nSPS) is 10.9. The molecule has 110 valence electrons. The maximum atomic E-state index is 4.20. The predicted molar refractivity (Wildman–Crippen MR) is 81.5 cm³/mol. The van der Waals surface area contributed by atoms with Crippen LogP contribution in [0.2, 0.25) is 0 Å². The van der Waals surface area contributed by atoms with Crippen LogP contribution in [0.15, 0.2) is 0 Å². The first kappa shape index (κ1) is 16.0. The highest BCUT2D eigenvalue weighted by molar-refractivity contribution is 5.23. The molecular weight excluding hydrogens is 236 g/mol. The number of aromatic nitrogens is 3. The van der Waals surface area contributed by atoms with Crippen LogP contribution in [0.5, 0.6) is 0 Å². The molecule has 1 aromatic rings. The number of hydrogen-bond acceptors (Lipinski definition) is 3. The van der Waals surface area contributed by atoms with Crippen molar-refractivity contribution < 1.29 is 0 Å². The second kappa shape index (κ2) is 9.82. The molecule has 0 atom stereocenters. The Kier molecular flexibility index (Phi) is 8.26. The van der Waals surface area contributed by atoms with Gasteiger partial charge in [0.2, 0.25) is 5.95 Å². The molecule has 4 nitrogen and oxygen atoms in total. The minimum atomic E-state index is 0.853. The molecule has 0 saturated heterocycles. The van der Waals surface area contributed by atoms with E-state index in [9.17, 15) is 0 Å². The molecule has 0 saturated carbocycles. The summed E-state index contributed by atoms with van der Waals surface area (Å²) in [6.07, 6.45) is 13.3. The summed E-state index contributed by atoms with van der Waals surface area (Å²) in [5.41, 5.74) is 0. The molecule has 1 aromatic heterocycles. The molecule has 1 heterocycles. The van der Waals surface area contributed by atoms with E-state index in [4.69, 9.17) is 0 Å². The average Bonchev–Trinajstić information content (AvgIpc) is 2.78. The van der Waals surface area contributed by atoms with Crippen molar-refractivity contribution in [3.05, 3.63) is 5.82 Å². The molecule has 1 N–H and O–H groups in total. The Labute approximate surface area is 118 Å². The van der Waals surface area contributed by atoms with E-state index in [1.807, 2.05) is 18.7 Å². The Morgan fingerprint density at radius 1 is 0.895 bits per heavy atom. The van der Waals surface area contributed by atoms with Crippen LogP contribution in [0.4, 0.5) is 5.95 Å². The summed E-state index contributed by atoms with van der Waals surface area (Å²) in [6, 6.07) is 0. The minimum Gasteiger partial charge on any atom is -0.357 e. The molecule has 0 spiro atoms. The standard InChI is InChI=1S/C15H30N4/c1-4-5-6-7-8-9-10-11-12-13-14-17-18-15(16-2)19(14)3/h4-13H2,1-3H3,(H,16,18). The summed E-state index contributed by atoms with van der Waals surface area (Å²) < 4.78 is 2.05. The van der Waals surface area contributed by atoms with E-state index in [-0.39, 0.29) is 0 Å². The number of aryl methyl sites for hydroxylation is 1. The molecule has 0 aliphatic carbocycles. The Morgan fingerprint density at radius 2 is 1.47 bits per heavy atom. The van der Waals surface area contributed by atoms with Gasteiger partial charge in [-0.05, 0) is 6.42 Å². The smallest absolute Gasteiger partial charge is 0.224 e. The molecule has 4 heteroatoms. The monoisotopic (exact) mass is 266 g/mol. The summed E-state index contributed by atoms with van der Waals surface area (Å²) >= 11 is 0. The van der Waals surface area contributed by atoms with Gasteiger partial charge in [-0.1, -0.05) is 58.3 Å². The lowest BCUT2D eigenvalue weighted by molar-refractivity contribution is 0.559. The molecular formula is C15H30N4. The lowest BCUT2D eigenvalue weighted by atomic mass is 10.1. The largest absolute Gasteiger partial charge is 0.357 e. The Morgan fingerprint density at radius 3 is 2.00 bits per heavy atom. The first-order valence-electron chi connectivity index (χ1n) is 7.85. The maximum absolute atomic E-state index is 4.20. The van der Waals surface area contributed by atoms with E-state index < -0.39 is 0 Å². The van der Waals surface area contributed by atoms with Crippen molar-refractivity contribution in [2.45, 2.75) is 71.1 Å². The molecule has 0 amide bonds. The summed E-state index contributed by atoms with van der Waals surface area (Å²) in [5.74, 6) is 1.94. The van der Waals surface area contributed by atoms with Crippen LogP contribution in [-0.4, -0.2) is 21.8 Å². The fourth-order valence-corrected chi connectivity index (χ4v) is 2.39. The van der Waals surface area contributed by atoms with E-state index >= 15 is 0 Å². The predicted octanol–water partition coefficient (Wildman–Crippen LogP) is 3.93. The zero-order chi connectivity index (χ0) is 13.9. The molecule has 0 aliphatic heterocycles. The van der Waals surface area contributed by atoms with Crippen LogP contribution in [-0.2, 0) is 13.5 Å². The average molecular weight is 266 g/mol. The molecule has 0 unspecified atom stereocenters. The second-order valence-corrected chi connectivity index (χ2v) is 5.33. The van der Waals surface area contributed by atoms with E-state index in [0.717, 1.165) is 18.2 Å². The lowest BCUT2D eigenvalue weighted by Crippen LogP contribution is -2.02. The van der Waals surface area contributed by atoms with Crippen molar-refractivity contribution in [3.63, 3.8) is 0 Å². The van der Waals surface area contributed by atoms with Gasteiger partial charge in [-0.15, -0.1) is 10.2 Å². The molecule has 0 fully saturated rings. The third kappa shape index (κ3) is 6.08. The van der Waals surface area contributed by atoms with E-state index in [1.54, 1.807) is 0 Å². The van der Waals surface area contributed by atoms with Crippen molar-refractivity contribution in [2.75, 3.05) is 12.4 Å². The lowest BCUT2D eigenvalue weighted by Gasteiger charge is -2.03. The van der Waals surface area contributed by atoms with Crippen molar-refractivity contribution in [3.8, 4) is 0 Å². The maximum Gasteiger partial charge on any atom is 0.224 e. The highest BCUT2D eigenvalue weighted by atomic mass is 15.3. The Balaban J connectivity index is 2.00. The van der Waals surface area contributed by atoms with Gasteiger partial charge in [0.05, 0.1) is 0 Å². The van der Waals surface area contributed by atoms with Gasteiger partial charge < -0.3 is 9.88 Å². The van der Waals surface area contributed by atoms with Gasteiger partial charge in [0.15, 0.2) is 0 Å². The van der Waals surface area contributed by atoms with Gasteiger partial charge in [-0.25, -0.2) is 0 Å². The topological polar surface area (TPSA) is 42.7 Å². The zero-order valence-electron chi connectivity index (χ0n) is 12.9. The van der Waals surface area contributed by atoms with Crippen LogP contribution in [0.3, 0.4) is 0 Å². The fourth-order valence-electron chi connectivity index (χ4n) is 2.39. The van der Waals surface area contributed by atoms with Gasteiger partial charge in [-0.2, -0.15) is 0 Å². The first-order chi connectivity index (χ1) is 9.29. The molecule has 19 heavy (non-hydrogen) atoms. The molecule has 0 aliphatic rings. The van der Waals surface area contributed by atoms with Gasteiger partial charge in [0.1, 0.15) is 5.82 Å². The summed E-state index contributed by atoms with van der Waals surface area (Å²) in [7, 11) is 3.90. The summed E-state index contributed by atoms with van der Waals surface area (Å²) in [4.78, 5) is 0. The van der Waals surface area contributed by atoms with E-state index in [2.05, 4.69) is 22.4 Å². The minimum absolute atomic E-state index is 0.853. The second-order valence-electron chi connectivity index (χ2n) is 5.33. The first-order valence-corrected chi connectivity index (χ1v) is 7.85. The van der Waals surface area contributed by atoms with Crippen molar-refractivity contribution >= 4 is 5.95 Å². The number of unbranched alkanes of at least 4 members (excludes halogenated alkanes) is 8. The van der Waals surface area contributed by atoms with Gasteiger partial charge >= 0.3 is 0 Å². The zero-order valence-corrected chi connectivity index (χ0v) is 12.9. The highest BCUT2D eigenvalue weighted by Crippen LogP contribution is 2.12. The van der Waals surface area contributed by atoms with E-state index in [0.29, 0.717) is 0 Å². The van der Waals surface area contributed by atoms with Crippen molar-refractivity contribution in [1.29, 1.82) is 0 Å². The van der Waals surface area contributed by atoms with Gasteiger partial charge in [0, 0.05) is 20.5 Å². The number of nitrogens with zero attached hydrogens (tertiary/aromatic N) is 3. The molecule has 0 radical (unpaired) electrons. The Bertz CT molecular complexity index is 333. The Hall–Kier alpha value is -1.06. The van der Waals surface area contributed by atoms with Crippen LogP contribution >= 0.6 is 0 Å². The quantitative estimate of drug-likeness (QED) is 0.617. The van der Waals surface area contributed by atoms with Crippen LogP contribution in [0.1, 0.15) is 70.5 Å². The van der Waals surface area contributed by atoms with Gasteiger partial charge in [0.25, 0.3) is 0 Å². The summed E-state index contributed by atoms with van der Waals surface area (Å²) in [6.45, 7) is 2.27. The molecule has 0 aromatic carbocycles. The van der Waals surface area contributed by atoms with Crippen LogP contribution in [0.25, 0.3) is 0 Å². The number of rotatable bonds is 11. The number of anilines is 1. The SMILES string of the molecule is CCCCCCCCCCCc1nnc(NC)n1C. The van der Waals surface area contributed by atoms with Crippen LogP contribution < -0.4 is 5.32 Å². The van der Waals surface area contributed by atoms with E-state index in [1.165, 1.54) is 57.8 Å². The number of hydrogen-bond donors (Lipinski definition) is 1. The highest BCUT2D eigenvalue weighted by Gasteiger charge is 2.05. The van der Waals surface area contributed by atoms with Crippen molar-refractivity contribution in [2.24, 2.45) is 7.05 Å². The third-order valence-corrected chi connectivity index (χ3v) is 3.69. The molecule has 1 rings (SSSR count). The van der Waals surface area contributed by atoms with Crippen LogP contribution in [0, 0.1) is 0 Å². The van der Waals surface area contributed by atoms with Crippen molar-refractivity contribution in [1.82, 2.24) is 14.8 Å². The molecule has 0 bridgehead atoms. The summed E-state index contributed by atoms with van der Waals surface area (Å²) in [5, 5.41) is 11.3. The number of nitrogens with one attached hydrogen (secondary N) is 1. The fraction of sp³-hybridized carbons (Fsp3) is 0.867. The van der Waals surface area contributed by atoms with Gasteiger partial charge in [-0.3, -0.25) is 0 Å². The third-order valence-electron chi connectivity index (χ3n) is 3.69.